The van der Waals surface area contributed by atoms with Gasteiger partial charge in [0.15, 0.2) is 0 Å². The Hall–Kier alpha value is -1.59. The van der Waals surface area contributed by atoms with E-state index < -0.39 is 0 Å². The number of aromatic nitrogens is 3. The molecule has 1 aromatic rings. The molecule has 0 aliphatic carbocycles. The lowest BCUT2D eigenvalue weighted by Crippen LogP contribution is -2.25. The first-order valence-corrected chi connectivity index (χ1v) is 7.60. The number of nitrogens with zero attached hydrogens (tertiary/aromatic N) is 4. The predicted octanol–water partition coefficient (Wildman–Crippen LogP) is 2.65. The van der Waals surface area contributed by atoms with Crippen molar-refractivity contribution in [1.29, 1.82) is 0 Å². The lowest BCUT2D eigenvalue weighted by Gasteiger charge is -2.18. The third kappa shape index (κ3) is 5.59. The van der Waals surface area contributed by atoms with Crippen molar-refractivity contribution in [2.75, 3.05) is 30.3 Å². The van der Waals surface area contributed by atoms with Crippen molar-refractivity contribution in [2.24, 2.45) is 0 Å². The molecular weight excluding hydrogens is 254 g/mol. The maximum absolute atomic E-state index is 5.71. The molecule has 0 saturated carbocycles. The van der Waals surface area contributed by atoms with E-state index in [9.17, 15) is 0 Å². The third-order valence-corrected chi connectivity index (χ3v) is 3.15. The number of ether oxygens (including phenoxy) is 1. The maximum atomic E-state index is 5.71. The van der Waals surface area contributed by atoms with Gasteiger partial charge < -0.3 is 15.4 Å². The molecule has 1 aromatic heterocycles. The molecule has 0 unspecified atom stereocenters. The molecule has 1 heterocycles. The fourth-order valence-electron chi connectivity index (χ4n) is 1.94. The zero-order valence-corrected chi connectivity index (χ0v) is 12.9. The average molecular weight is 281 g/mol. The van der Waals surface area contributed by atoms with Gasteiger partial charge in [-0.15, -0.1) is 0 Å². The highest BCUT2D eigenvalue weighted by atomic mass is 16.5. The van der Waals surface area contributed by atoms with Gasteiger partial charge in [0.2, 0.25) is 11.9 Å². The summed E-state index contributed by atoms with van der Waals surface area (Å²) in [7, 11) is 0. The molecular formula is C14H27N5O. The molecule has 0 bridgehead atoms. The molecule has 6 nitrogen and oxygen atoms in total. The monoisotopic (exact) mass is 281 g/mol. The highest BCUT2D eigenvalue weighted by Crippen LogP contribution is 2.13. The van der Waals surface area contributed by atoms with E-state index in [0.717, 1.165) is 19.5 Å². The molecule has 0 atom stereocenters. The van der Waals surface area contributed by atoms with Gasteiger partial charge in [0.25, 0.3) is 0 Å². The van der Waals surface area contributed by atoms with Gasteiger partial charge >= 0.3 is 6.01 Å². The predicted molar refractivity (Wildman–Crippen MR) is 82.1 cm³/mol. The van der Waals surface area contributed by atoms with E-state index >= 15 is 0 Å². The standard InChI is InChI=1S/C14H27N5O/c1-4-7-8-9-10-11-20-14-17-12(15)16-13(18-14)19(5-2)6-3/h4-11H2,1-3H3,(H2,15,16,17,18). The molecule has 2 N–H and O–H groups in total. The molecule has 0 aliphatic rings. The van der Waals surface area contributed by atoms with Crippen LogP contribution in [0, 0.1) is 0 Å². The molecule has 0 radical (unpaired) electrons. The van der Waals surface area contributed by atoms with Crippen LogP contribution in [-0.2, 0) is 0 Å². The Morgan fingerprint density at radius 1 is 0.950 bits per heavy atom. The van der Waals surface area contributed by atoms with Crippen molar-refractivity contribution in [3.05, 3.63) is 0 Å². The lowest BCUT2D eigenvalue weighted by molar-refractivity contribution is 0.281. The van der Waals surface area contributed by atoms with Crippen LogP contribution in [0.25, 0.3) is 0 Å². The van der Waals surface area contributed by atoms with E-state index in [4.69, 9.17) is 10.5 Å². The Balaban J connectivity index is 2.49. The molecule has 20 heavy (non-hydrogen) atoms. The second-order valence-electron chi connectivity index (χ2n) is 4.71. The summed E-state index contributed by atoms with van der Waals surface area (Å²) in [5, 5.41) is 0. The third-order valence-electron chi connectivity index (χ3n) is 3.15. The van der Waals surface area contributed by atoms with Gasteiger partial charge in [-0.2, -0.15) is 15.0 Å². The first kappa shape index (κ1) is 16.5. The van der Waals surface area contributed by atoms with Crippen LogP contribution in [0.2, 0.25) is 0 Å². The van der Waals surface area contributed by atoms with Crippen LogP contribution in [0.15, 0.2) is 0 Å². The van der Waals surface area contributed by atoms with Crippen LogP contribution in [0.4, 0.5) is 11.9 Å². The van der Waals surface area contributed by atoms with Crippen molar-refractivity contribution < 1.29 is 4.74 Å². The van der Waals surface area contributed by atoms with Gasteiger partial charge in [0, 0.05) is 13.1 Å². The summed E-state index contributed by atoms with van der Waals surface area (Å²) in [6.45, 7) is 8.60. The van der Waals surface area contributed by atoms with Crippen molar-refractivity contribution >= 4 is 11.9 Å². The number of hydrogen-bond acceptors (Lipinski definition) is 6. The normalized spacial score (nSPS) is 10.6. The van der Waals surface area contributed by atoms with Crippen LogP contribution in [0.1, 0.15) is 52.9 Å². The van der Waals surface area contributed by atoms with Gasteiger partial charge in [0.05, 0.1) is 6.61 Å². The van der Waals surface area contributed by atoms with E-state index in [-0.39, 0.29) is 5.95 Å². The Morgan fingerprint density at radius 3 is 2.30 bits per heavy atom. The Labute approximate surface area is 121 Å². The van der Waals surface area contributed by atoms with Crippen LogP contribution >= 0.6 is 0 Å². The minimum Gasteiger partial charge on any atom is -0.463 e. The summed E-state index contributed by atoms with van der Waals surface area (Å²) in [6, 6.07) is 0.329. The zero-order chi connectivity index (χ0) is 14.8. The van der Waals surface area contributed by atoms with Crippen molar-refractivity contribution in [3.8, 4) is 6.01 Å². The lowest BCUT2D eigenvalue weighted by atomic mass is 10.2. The second kappa shape index (κ2) is 9.34. The largest absolute Gasteiger partial charge is 0.463 e. The van der Waals surface area contributed by atoms with Crippen molar-refractivity contribution in [1.82, 2.24) is 15.0 Å². The van der Waals surface area contributed by atoms with E-state index in [2.05, 4.69) is 35.7 Å². The Kier molecular flexibility index (Phi) is 7.69. The van der Waals surface area contributed by atoms with Crippen molar-refractivity contribution in [2.45, 2.75) is 52.9 Å². The summed E-state index contributed by atoms with van der Waals surface area (Å²) in [4.78, 5) is 14.5. The van der Waals surface area contributed by atoms with E-state index in [1.54, 1.807) is 0 Å². The highest BCUT2D eigenvalue weighted by Gasteiger charge is 2.10. The smallest absolute Gasteiger partial charge is 0.323 e. The minimum absolute atomic E-state index is 0.211. The average Bonchev–Trinajstić information content (AvgIpc) is 2.43. The summed E-state index contributed by atoms with van der Waals surface area (Å²) >= 11 is 0. The molecule has 0 fully saturated rings. The summed E-state index contributed by atoms with van der Waals surface area (Å²) in [6.07, 6.45) is 5.98. The number of rotatable bonds is 10. The quantitative estimate of drug-likeness (QED) is 0.664. The van der Waals surface area contributed by atoms with Crippen molar-refractivity contribution in [3.63, 3.8) is 0 Å². The molecule has 0 saturated heterocycles. The summed E-state index contributed by atoms with van der Waals surface area (Å²) in [5.41, 5.74) is 5.71. The number of hydrogen-bond donors (Lipinski definition) is 1. The Bertz CT molecular complexity index is 382. The fraction of sp³-hybridized carbons (Fsp3) is 0.786. The number of unbranched alkanes of at least 4 members (excludes halogenated alkanes) is 4. The van der Waals surface area contributed by atoms with E-state index in [1.165, 1.54) is 25.7 Å². The van der Waals surface area contributed by atoms with Gasteiger partial charge in [-0.25, -0.2) is 0 Å². The van der Waals surface area contributed by atoms with Crippen LogP contribution in [0.5, 0.6) is 6.01 Å². The van der Waals surface area contributed by atoms with E-state index in [0.29, 0.717) is 18.6 Å². The Morgan fingerprint density at radius 2 is 1.65 bits per heavy atom. The fourth-order valence-corrected chi connectivity index (χ4v) is 1.94. The zero-order valence-electron chi connectivity index (χ0n) is 12.9. The number of anilines is 2. The number of nitrogen functional groups attached to an aromatic ring is 1. The second-order valence-corrected chi connectivity index (χ2v) is 4.71. The van der Waals surface area contributed by atoms with Gasteiger partial charge in [-0.1, -0.05) is 32.6 Å². The van der Waals surface area contributed by atoms with Crippen LogP contribution in [0.3, 0.4) is 0 Å². The molecule has 1 rings (SSSR count). The summed E-state index contributed by atoms with van der Waals surface area (Å²) in [5.74, 6) is 0.798. The molecule has 0 aromatic carbocycles. The highest BCUT2D eigenvalue weighted by molar-refractivity contribution is 5.35. The first-order valence-electron chi connectivity index (χ1n) is 7.60. The van der Waals surface area contributed by atoms with Crippen LogP contribution < -0.4 is 15.4 Å². The number of nitrogens with two attached hydrogens (primary N) is 1. The van der Waals surface area contributed by atoms with Gasteiger partial charge in [0.1, 0.15) is 0 Å². The molecule has 114 valence electrons. The molecule has 6 heteroatoms. The molecule has 0 spiro atoms. The molecule has 0 aliphatic heterocycles. The van der Waals surface area contributed by atoms with E-state index in [1.807, 2.05) is 4.90 Å². The van der Waals surface area contributed by atoms with Crippen LogP contribution in [-0.4, -0.2) is 34.6 Å². The van der Waals surface area contributed by atoms with Gasteiger partial charge in [-0.3, -0.25) is 0 Å². The minimum atomic E-state index is 0.211. The maximum Gasteiger partial charge on any atom is 0.323 e. The SMILES string of the molecule is CCCCCCCOc1nc(N)nc(N(CC)CC)n1. The molecule has 0 amide bonds. The van der Waals surface area contributed by atoms with Gasteiger partial charge in [-0.05, 0) is 20.3 Å². The summed E-state index contributed by atoms with van der Waals surface area (Å²) < 4.78 is 5.58. The first-order chi connectivity index (χ1) is 9.71. The topological polar surface area (TPSA) is 77.2 Å².